The van der Waals surface area contributed by atoms with E-state index in [1.54, 1.807) is 40.3 Å². The number of hydrogen-bond donors (Lipinski definition) is 1. The first-order valence-electron chi connectivity index (χ1n) is 9.27. The van der Waals surface area contributed by atoms with Crippen LogP contribution in [-0.2, 0) is 23.7 Å². The highest BCUT2D eigenvalue weighted by atomic mass is 35.5. The molecular weight excluding hydrogens is 402 g/mol. The van der Waals surface area contributed by atoms with Crippen LogP contribution in [0, 0.1) is 5.92 Å². The number of piperidine rings is 1. The van der Waals surface area contributed by atoms with E-state index in [-0.39, 0.29) is 19.0 Å². The third-order valence-electron chi connectivity index (χ3n) is 4.89. The molecule has 10 heteroatoms. The third kappa shape index (κ3) is 5.44. The molecule has 1 aliphatic rings. The molecule has 1 aromatic heterocycles. The van der Waals surface area contributed by atoms with Crippen molar-refractivity contribution in [2.24, 2.45) is 13.0 Å². The summed E-state index contributed by atoms with van der Waals surface area (Å²) in [6.45, 7) is 5.42. The number of ether oxygens (including phenoxy) is 1. The van der Waals surface area contributed by atoms with E-state index in [0.29, 0.717) is 35.5 Å². The first-order valence-corrected chi connectivity index (χ1v) is 10.7. The molecule has 0 atom stereocenters. The van der Waals surface area contributed by atoms with Crippen molar-refractivity contribution in [2.45, 2.75) is 31.3 Å². The van der Waals surface area contributed by atoms with Gasteiger partial charge < -0.3 is 10.1 Å². The number of nitrogens with one attached hydrogen (secondary N) is 1. The number of benzene rings is 1. The van der Waals surface area contributed by atoms with Gasteiger partial charge in [0.15, 0.2) is 5.82 Å². The van der Waals surface area contributed by atoms with Crippen LogP contribution in [0.15, 0.2) is 35.5 Å². The summed E-state index contributed by atoms with van der Waals surface area (Å²) < 4.78 is 34.6. The zero-order chi connectivity index (χ0) is 19.3. The fourth-order valence-electron chi connectivity index (χ4n) is 3.16. The average molecular weight is 430 g/mol. The average Bonchev–Trinajstić information content (AvgIpc) is 3.10. The topological polar surface area (TPSA) is 89.3 Å². The molecule has 1 N–H and O–H groups in total. The molecule has 2 heterocycles. The van der Waals surface area contributed by atoms with Crippen molar-refractivity contribution in [3.05, 3.63) is 36.4 Å². The Balaban J connectivity index is 0.00000280. The molecule has 0 radical (unpaired) electrons. The molecule has 0 amide bonds. The Morgan fingerprint density at radius 2 is 1.89 bits per heavy atom. The normalized spacial score (nSPS) is 15.9. The van der Waals surface area contributed by atoms with E-state index < -0.39 is 10.0 Å². The van der Waals surface area contributed by atoms with Crippen molar-refractivity contribution < 1.29 is 13.2 Å². The number of nitrogens with zero attached hydrogens (tertiary/aromatic N) is 4. The predicted octanol–water partition coefficient (Wildman–Crippen LogP) is 1.83. The smallest absolute Gasteiger partial charge is 0.243 e. The molecular formula is C18H28ClN5O3S. The summed E-state index contributed by atoms with van der Waals surface area (Å²) in [7, 11) is -1.66. The highest BCUT2D eigenvalue weighted by Gasteiger charge is 2.29. The van der Waals surface area contributed by atoms with Crippen molar-refractivity contribution in [3.8, 4) is 5.75 Å². The van der Waals surface area contributed by atoms with Crippen molar-refractivity contribution in [1.82, 2.24) is 24.4 Å². The standard InChI is InChI=1S/C18H27N5O3S.ClH/c1-3-19-12-15-8-10-23(11-9-15)27(24,25)17-6-4-16(5-7-17)26-13-18-20-14-21-22(18)2;/h4-7,14-15,19H,3,8-13H2,1-2H3;1H. The lowest BCUT2D eigenvalue weighted by Gasteiger charge is -2.31. The monoisotopic (exact) mass is 429 g/mol. The van der Waals surface area contributed by atoms with E-state index in [1.165, 1.54) is 6.33 Å². The molecule has 1 aromatic carbocycles. The molecule has 8 nitrogen and oxygen atoms in total. The Morgan fingerprint density at radius 3 is 2.46 bits per heavy atom. The van der Waals surface area contributed by atoms with Crippen LogP contribution in [0.4, 0.5) is 0 Å². The van der Waals surface area contributed by atoms with Gasteiger partial charge in [-0.05, 0) is 56.1 Å². The van der Waals surface area contributed by atoms with Crippen LogP contribution >= 0.6 is 12.4 Å². The van der Waals surface area contributed by atoms with Gasteiger partial charge in [0.05, 0.1) is 4.90 Å². The number of halogens is 1. The Bertz CT molecular complexity index is 833. The van der Waals surface area contributed by atoms with Crippen LogP contribution in [0.2, 0.25) is 0 Å². The Labute approximate surface area is 172 Å². The second kappa shape index (κ2) is 10.2. The predicted molar refractivity (Wildman–Crippen MR) is 109 cm³/mol. The summed E-state index contributed by atoms with van der Waals surface area (Å²) in [4.78, 5) is 4.40. The third-order valence-corrected chi connectivity index (χ3v) is 6.80. The Kier molecular flexibility index (Phi) is 8.23. The van der Waals surface area contributed by atoms with Crippen molar-refractivity contribution in [3.63, 3.8) is 0 Å². The lowest BCUT2D eigenvalue weighted by molar-refractivity contribution is 0.268. The maximum Gasteiger partial charge on any atom is 0.243 e. The van der Waals surface area contributed by atoms with Gasteiger partial charge in [0, 0.05) is 20.1 Å². The number of hydrogen-bond acceptors (Lipinski definition) is 6. The molecule has 28 heavy (non-hydrogen) atoms. The zero-order valence-electron chi connectivity index (χ0n) is 16.2. The molecule has 1 saturated heterocycles. The van der Waals surface area contributed by atoms with E-state index >= 15 is 0 Å². The molecule has 2 aromatic rings. The van der Waals surface area contributed by atoms with E-state index in [1.807, 2.05) is 0 Å². The lowest BCUT2D eigenvalue weighted by atomic mass is 9.98. The summed E-state index contributed by atoms with van der Waals surface area (Å²) in [6, 6.07) is 6.57. The van der Waals surface area contributed by atoms with E-state index in [9.17, 15) is 8.42 Å². The van der Waals surface area contributed by atoms with Crippen LogP contribution in [-0.4, -0.2) is 53.7 Å². The number of rotatable bonds is 8. The molecule has 0 saturated carbocycles. The summed E-state index contributed by atoms with van der Waals surface area (Å²) in [5.74, 6) is 1.85. The first-order chi connectivity index (χ1) is 13.0. The Morgan fingerprint density at radius 1 is 1.21 bits per heavy atom. The second-order valence-corrected chi connectivity index (χ2v) is 8.65. The van der Waals surface area contributed by atoms with E-state index in [0.717, 1.165) is 25.9 Å². The summed E-state index contributed by atoms with van der Waals surface area (Å²) in [5.41, 5.74) is 0. The van der Waals surface area contributed by atoms with Gasteiger partial charge in [-0.25, -0.2) is 13.4 Å². The van der Waals surface area contributed by atoms with Gasteiger partial charge in [-0.1, -0.05) is 6.92 Å². The minimum absolute atomic E-state index is 0. The highest BCUT2D eigenvalue weighted by Crippen LogP contribution is 2.25. The molecule has 1 aliphatic heterocycles. The second-order valence-electron chi connectivity index (χ2n) is 6.72. The zero-order valence-corrected chi connectivity index (χ0v) is 17.9. The van der Waals surface area contributed by atoms with E-state index in [4.69, 9.17) is 4.74 Å². The molecule has 1 fully saturated rings. The number of sulfonamides is 1. The van der Waals surface area contributed by atoms with Gasteiger partial charge in [0.25, 0.3) is 0 Å². The van der Waals surface area contributed by atoms with Crippen molar-refractivity contribution in [1.29, 1.82) is 0 Å². The molecule has 0 aliphatic carbocycles. The summed E-state index contributed by atoms with van der Waals surface area (Å²) >= 11 is 0. The lowest BCUT2D eigenvalue weighted by Crippen LogP contribution is -2.40. The van der Waals surface area contributed by atoms with Gasteiger partial charge in [0.1, 0.15) is 18.7 Å². The minimum Gasteiger partial charge on any atom is -0.486 e. The van der Waals surface area contributed by atoms with Gasteiger partial charge in [-0.15, -0.1) is 12.4 Å². The fraction of sp³-hybridized carbons (Fsp3) is 0.556. The molecule has 0 spiro atoms. The highest BCUT2D eigenvalue weighted by molar-refractivity contribution is 7.89. The molecule has 0 bridgehead atoms. The van der Waals surface area contributed by atoms with Crippen molar-refractivity contribution in [2.75, 3.05) is 26.2 Å². The van der Waals surface area contributed by atoms with Crippen LogP contribution < -0.4 is 10.1 Å². The maximum absolute atomic E-state index is 12.9. The van der Waals surface area contributed by atoms with E-state index in [2.05, 4.69) is 22.3 Å². The van der Waals surface area contributed by atoms with Crippen molar-refractivity contribution >= 4 is 22.4 Å². The molecule has 156 valence electrons. The molecule has 3 rings (SSSR count). The SMILES string of the molecule is CCNCC1CCN(S(=O)(=O)c2ccc(OCc3ncnn3C)cc2)CC1.Cl. The Hall–Kier alpha value is -1.68. The minimum atomic E-state index is -3.46. The number of aryl methyl sites for hydroxylation is 1. The van der Waals surface area contributed by atoms with Gasteiger partial charge in [0.2, 0.25) is 10.0 Å². The summed E-state index contributed by atoms with van der Waals surface area (Å²) in [6.07, 6.45) is 3.26. The summed E-state index contributed by atoms with van der Waals surface area (Å²) in [5, 5.41) is 7.33. The quantitative estimate of drug-likeness (QED) is 0.688. The van der Waals surface area contributed by atoms with Gasteiger partial charge in [-0.3, -0.25) is 4.68 Å². The number of aromatic nitrogens is 3. The van der Waals surface area contributed by atoms with Gasteiger partial charge in [-0.2, -0.15) is 9.40 Å². The maximum atomic E-state index is 12.9. The largest absolute Gasteiger partial charge is 0.486 e. The van der Waals surface area contributed by atoms with Crippen LogP contribution in [0.3, 0.4) is 0 Å². The van der Waals surface area contributed by atoms with Crippen LogP contribution in [0.1, 0.15) is 25.6 Å². The van der Waals surface area contributed by atoms with Crippen LogP contribution in [0.5, 0.6) is 5.75 Å². The molecule has 0 unspecified atom stereocenters. The first kappa shape index (κ1) is 22.6. The fourth-order valence-corrected chi connectivity index (χ4v) is 4.63. The van der Waals surface area contributed by atoms with Crippen LogP contribution in [0.25, 0.3) is 0 Å². The van der Waals surface area contributed by atoms with Gasteiger partial charge >= 0.3 is 0 Å².